The second kappa shape index (κ2) is 13.6. The van der Waals surface area contributed by atoms with Crippen molar-refractivity contribution in [2.24, 2.45) is 10.7 Å². The van der Waals surface area contributed by atoms with Crippen molar-refractivity contribution in [3.63, 3.8) is 0 Å². The number of nitrogens with zero attached hydrogens (tertiary/aromatic N) is 3. The van der Waals surface area contributed by atoms with Gasteiger partial charge >= 0.3 is 5.97 Å². The molecular weight excluding hydrogens is 406 g/mol. The van der Waals surface area contributed by atoms with Gasteiger partial charge in [0.2, 0.25) is 5.28 Å². The summed E-state index contributed by atoms with van der Waals surface area (Å²) in [7, 11) is 0. The van der Waals surface area contributed by atoms with E-state index in [0.29, 0.717) is 18.1 Å². The summed E-state index contributed by atoms with van der Waals surface area (Å²) in [5.41, 5.74) is 5.00. The number of hydrazine groups is 1. The number of carbonyl (C=O) groups is 1. The molecule has 32 heavy (non-hydrogen) atoms. The molecule has 0 radical (unpaired) electrons. The number of carbonyl (C=O) groups excluding carboxylic acids is 1. The van der Waals surface area contributed by atoms with Gasteiger partial charge in [0.1, 0.15) is 0 Å². The maximum absolute atomic E-state index is 11.8. The molecule has 1 aliphatic rings. The first-order valence-electron chi connectivity index (χ1n) is 11.2. The second-order valence-electron chi connectivity index (χ2n) is 8.61. The Morgan fingerprint density at radius 2 is 1.91 bits per heavy atom. The first-order valence-corrected chi connectivity index (χ1v) is 11.2. The van der Waals surface area contributed by atoms with Gasteiger partial charge in [0, 0.05) is 6.08 Å². The highest BCUT2D eigenvalue weighted by Gasteiger charge is 2.26. The molecule has 0 amide bonds. The first kappa shape index (κ1) is 27.2. The van der Waals surface area contributed by atoms with Crippen LogP contribution < -0.4 is 0 Å². The Morgan fingerprint density at radius 1 is 1.22 bits per heavy atom. The van der Waals surface area contributed by atoms with Crippen molar-refractivity contribution in [2.45, 2.75) is 67.7 Å². The second-order valence-corrected chi connectivity index (χ2v) is 8.61. The van der Waals surface area contributed by atoms with Crippen molar-refractivity contribution in [3.8, 4) is 0 Å². The van der Waals surface area contributed by atoms with Crippen molar-refractivity contribution >= 4 is 5.97 Å². The van der Waals surface area contributed by atoms with Crippen molar-refractivity contribution < 1.29 is 19.3 Å². The molecule has 0 saturated heterocycles. The van der Waals surface area contributed by atoms with Gasteiger partial charge < -0.3 is 14.8 Å². The van der Waals surface area contributed by atoms with Gasteiger partial charge in [0.25, 0.3) is 6.79 Å². The molecular formula is C25H39N3O4. The molecule has 0 fully saturated rings. The molecule has 1 aliphatic carbocycles. The van der Waals surface area contributed by atoms with Crippen LogP contribution in [0.3, 0.4) is 0 Å². The summed E-state index contributed by atoms with van der Waals surface area (Å²) in [6.45, 7) is 14.9. The maximum atomic E-state index is 11.8. The molecule has 0 aliphatic heterocycles. The summed E-state index contributed by atoms with van der Waals surface area (Å²) in [5, 5.41) is 16.3. The minimum atomic E-state index is -0.565. The molecule has 0 unspecified atom stereocenters. The minimum Gasteiger partial charge on any atom is -0.569 e. The molecule has 7 nitrogen and oxygen atoms in total. The van der Waals surface area contributed by atoms with Gasteiger partial charge in [-0.15, -0.1) is 5.01 Å². The fourth-order valence-electron chi connectivity index (χ4n) is 3.58. The fraction of sp³-hybridized carbons (Fsp3) is 0.560. The standard InChI is InChI=1S/C25H39N3O4/c1-8-27(9-2)28(30)26-32-19-31-24(29)18-21(4)13-10-12-20(3)15-16-23-22(5)14-11-17-25(23,6)7/h10,12-13,15-16,18H,8-9,11,14,17,19H2,1-7H3/b13-10+,16-15+,20-12+,21-18+,28-26-. The van der Waals surface area contributed by atoms with E-state index >= 15 is 0 Å². The lowest BCUT2D eigenvalue weighted by atomic mass is 9.72. The van der Waals surface area contributed by atoms with Crippen LogP contribution in [0.25, 0.3) is 0 Å². The van der Waals surface area contributed by atoms with E-state index in [9.17, 15) is 10.0 Å². The number of rotatable bonds is 11. The third-order valence-corrected chi connectivity index (χ3v) is 5.47. The van der Waals surface area contributed by atoms with E-state index in [1.807, 2.05) is 32.1 Å². The summed E-state index contributed by atoms with van der Waals surface area (Å²) in [4.78, 5) is 16.9. The monoisotopic (exact) mass is 445 g/mol. The molecule has 0 bridgehead atoms. The van der Waals surface area contributed by atoms with Crippen LogP contribution in [-0.2, 0) is 14.4 Å². The Hall–Kier alpha value is -2.83. The van der Waals surface area contributed by atoms with E-state index in [2.05, 4.69) is 45.1 Å². The number of hydrogen-bond acceptors (Lipinski definition) is 5. The third-order valence-electron chi connectivity index (χ3n) is 5.47. The van der Waals surface area contributed by atoms with Crippen molar-refractivity contribution in [1.29, 1.82) is 0 Å². The molecule has 0 heterocycles. The van der Waals surface area contributed by atoms with E-state index in [1.54, 1.807) is 6.92 Å². The quantitative estimate of drug-likeness (QED) is 0.0555. The fourth-order valence-corrected chi connectivity index (χ4v) is 3.58. The van der Waals surface area contributed by atoms with Gasteiger partial charge in [-0.2, -0.15) is 0 Å². The Bertz CT molecular complexity index is 813. The topological polar surface area (TPSA) is 77.2 Å². The summed E-state index contributed by atoms with van der Waals surface area (Å²) in [6.07, 6.45) is 15.1. The average molecular weight is 446 g/mol. The molecule has 0 aromatic rings. The Kier molecular flexibility index (Phi) is 11.5. The molecule has 0 saturated carbocycles. The number of esters is 1. The van der Waals surface area contributed by atoms with E-state index in [4.69, 9.17) is 9.57 Å². The van der Waals surface area contributed by atoms with Crippen molar-refractivity contribution in [2.75, 3.05) is 19.9 Å². The van der Waals surface area contributed by atoms with Crippen LogP contribution in [0.5, 0.6) is 0 Å². The van der Waals surface area contributed by atoms with E-state index in [1.165, 1.54) is 41.5 Å². The van der Waals surface area contributed by atoms with Crippen LogP contribution in [0, 0.1) is 10.6 Å². The molecule has 0 spiro atoms. The molecule has 178 valence electrons. The predicted octanol–water partition coefficient (Wildman–Crippen LogP) is 6.17. The molecule has 1 rings (SSSR count). The van der Waals surface area contributed by atoms with Gasteiger partial charge in [-0.25, -0.2) is 4.79 Å². The summed E-state index contributed by atoms with van der Waals surface area (Å²) >= 11 is 0. The molecule has 7 heteroatoms. The van der Waals surface area contributed by atoms with Crippen LogP contribution in [-0.4, -0.2) is 35.8 Å². The lowest BCUT2D eigenvalue weighted by Gasteiger charge is -2.32. The summed E-state index contributed by atoms with van der Waals surface area (Å²) in [6, 6.07) is 0. The number of allylic oxidation sites excluding steroid dienone is 9. The zero-order valence-electron chi connectivity index (χ0n) is 20.7. The van der Waals surface area contributed by atoms with Crippen LogP contribution in [0.2, 0.25) is 0 Å². The van der Waals surface area contributed by atoms with Crippen LogP contribution >= 0.6 is 0 Å². The maximum Gasteiger partial charge on any atom is 0.333 e. The zero-order chi connectivity index (χ0) is 24.1. The first-order chi connectivity index (χ1) is 15.1. The lowest BCUT2D eigenvalue weighted by molar-refractivity contribution is -0.710. The predicted molar refractivity (Wildman–Crippen MR) is 127 cm³/mol. The SMILES string of the molecule is CCN(CC)/[N+]([O-])=N/OCOC(=O)/C=C(C)/C=C/C=C(C)/C=C/C1=C(C)CCCC1(C)C. The molecule has 0 atom stereocenters. The highest BCUT2D eigenvalue weighted by molar-refractivity contribution is 5.83. The Balaban J connectivity index is 2.55. The normalized spacial score (nSPS) is 17.9. The molecule has 0 aromatic carbocycles. The largest absolute Gasteiger partial charge is 0.569 e. The van der Waals surface area contributed by atoms with Crippen LogP contribution in [0.1, 0.15) is 67.7 Å². The third kappa shape index (κ3) is 9.54. The molecule has 0 N–H and O–H groups in total. The zero-order valence-corrected chi connectivity index (χ0v) is 20.7. The average Bonchev–Trinajstić information content (AvgIpc) is 2.71. The number of hydrogen-bond donors (Lipinski definition) is 0. The van der Waals surface area contributed by atoms with Gasteiger partial charge in [-0.3, -0.25) is 0 Å². The van der Waals surface area contributed by atoms with Crippen molar-refractivity contribution in [3.05, 3.63) is 64.0 Å². The summed E-state index contributed by atoms with van der Waals surface area (Å²) in [5.74, 6) is -0.565. The van der Waals surface area contributed by atoms with Gasteiger partial charge in [-0.1, -0.05) is 55.4 Å². The van der Waals surface area contributed by atoms with Gasteiger partial charge in [0.05, 0.1) is 18.1 Å². The van der Waals surface area contributed by atoms with E-state index in [-0.39, 0.29) is 5.41 Å². The van der Waals surface area contributed by atoms with E-state index in [0.717, 1.165) is 11.1 Å². The van der Waals surface area contributed by atoms with Gasteiger partial charge in [0.15, 0.2) is 0 Å². The Labute approximate surface area is 193 Å². The molecule has 0 aromatic heterocycles. The van der Waals surface area contributed by atoms with Crippen LogP contribution in [0.4, 0.5) is 0 Å². The summed E-state index contributed by atoms with van der Waals surface area (Å²) < 4.78 is 4.89. The number of ether oxygens (including phenoxy) is 1. The van der Waals surface area contributed by atoms with Crippen molar-refractivity contribution in [1.82, 2.24) is 5.01 Å². The Morgan fingerprint density at radius 3 is 2.53 bits per heavy atom. The highest BCUT2D eigenvalue weighted by atomic mass is 16.8. The van der Waals surface area contributed by atoms with E-state index < -0.39 is 12.8 Å². The highest BCUT2D eigenvalue weighted by Crippen LogP contribution is 2.40. The lowest BCUT2D eigenvalue weighted by Crippen LogP contribution is -2.30. The smallest absolute Gasteiger partial charge is 0.333 e. The minimum absolute atomic E-state index is 0.225. The van der Waals surface area contributed by atoms with Crippen LogP contribution in [0.15, 0.2) is 64.0 Å². The van der Waals surface area contributed by atoms with Gasteiger partial charge in [-0.05, 0) is 70.4 Å².